The topological polar surface area (TPSA) is 51.2 Å². The summed E-state index contributed by atoms with van der Waals surface area (Å²) >= 11 is 14.2. The Kier molecular flexibility index (Phi) is 6.92. The van der Waals surface area contributed by atoms with Gasteiger partial charge in [-0.25, -0.2) is 4.98 Å². The first-order valence-corrected chi connectivity index (χ1v) is 10.9. The number of halogens is 3. The molecule has 0 atom stereocenters. The van der Waals surface area contributed by atoms with Gasteiger partial charge in [0, 0.05) is 19.9 Å². The van der Waals surface area contributed by atoms with Gasteiger partial charge in [-0.2, -0.15) is 0 Å². The van der Waals surface area contributed by atoms with Crippen LogP contribution in [0.5, 0.6) is 5.75 Å². The highest BCUT2D eigenvalue weighted by atomic mass is 79.9. The van der Waals surface area contributed by atoms with E-state index in [0.717, 1.165) is 27.0 Å². The molecule has 0 bridgehead atoms. The van der Waals surface area contributed by atoms with Gasteiger partial charge in [-0.05, 0) is 52.7 Å². The number of hydrogen-bond acceptors (Lipinski definition) is 4. The molecule has 0 fully saturated rings. The van der Waals surface area contributed by atoms with Crippen molar-refractivity contribution in [3.63, 3.8) is 0 Å². The van der Waals surface area contributed by atoms with Crippen LogP contribution in [0.3, 0.4) is 0 Å². The molecule has 0 spiro atoms. The third-order valence-electron chi connectivity index (χ3n) is 3.64. The van der Waals surface area contributed by atoms with Crippen LogP contribution in [-0.4, -0.2) is 17.5 Å². The van der Waals surface area contributed by atoms with E-state index < -0.39 is 0 Å². The summed E-state index contributed by atoms with van der Waals surface area (Å²) in [4.78, 5) is 18.0. The van der Waals surface area contributed by atoms with Crippen LogP contribution in [0.4, 0.5) is 5.13 Å². The Morgan fingerprint density at radius 3 is 2.63 bits per heavy atom. The third kappa shape index (κ3) is 5.31. The Labute approximate surface area is 183 Å². The highest BCUT2D eigenvalue weighted by Crippen LogP contribution is 2.32. The van der Waals surface area contributed by atoms with Gasteiger partial charge in [0.15, 0.2) is 11.7 Å². The summed E-state index contributed by atoms with van der Waals surface area (Å²) in [5.74, 6) is 0.286. The van der Waals surface area contributed by atoms with Crippen LogP contribution in [0.25, 0.3) is 11.3 Å². The monoisotopic (exact) mass is 528 g/mol. The van der Waals surface area contributed by atoms with Crippen molar-refractivity contribution >= 4 is 65.8 Å². The fraction of sp³-hybridized carbons (Fsp3) is 0.158. The molecule has 0 radical (unpaired) electrons. The summed E-state index contributed by atoms with van der Waals surface area (Å²) in [7, 11) is 0. The summed E-state index contributed by atoms with van der Waals surface area (Å²) in [6, 6.07) is 13.1. The number of nitrogens with zero attached hydrogens (tertiary/aromatic N) is 1. The summed E-state index contributed by atoms with van der Waals surface area (Å²) < 4.78 is 7.25. The number of hydrogen-bond donors (Lipinski definition) is 1. The summed E-state index contributed by atoms with van der Waals surface area (Å²) in [5.41, 5.74) is 1.92. The van der Waals surface area contributed by atoms with Gasteiger partial charge < -0.3 is 4.74 Å². The fourth-order valence-electron chi connectivity index (χ4n) is 2.37. The molecule has 1 amide bonds. The predicted octanol–water partition coefficient (Wildman–Crippen LogP) is 6.57. The van der Waals surface area contributed by atoms with Crippen molar-refractivity contribution in [2.75, 3.05) is 11.9 Å². The molecular weight excluding hydrogens is 516 g/mol. The van der Waals surface area contributed by atoms with E-state index in [2.05, 4.69) is 49.1 Å². The van der Waals surface area contributed by atoms with Crippen molar-refractivity contribution in [3.05, 3.63) is 61.3 Å². The van der Waals surface area contributed by atoms with Crippen molar-refractivity contribution in [1.82, 2.24) is 4.98 Å². The minimum Gasteiger partial charge on any atom is -0.483 e. The van der Waals surface area contributed by atoms with Crippen LogP contribution in [-0.2, 0) is 11.2 Å². The summed E-state index contributed by atoms with van der Waals surface area (Å²) in [6.45, 7) is 1.96. The van der Waals surface area contributed by atoms with Crippen LogP contribution in [0, 0.1) is 0 Å². The minimum atomic E-state index is -0.268. The predicted molar refractivity (Wildman–Crippen MR) is 118 cm³/mol. The lowest BCUT2D eigenvalue weighted by Crippen LogP contribution is -2.20. The molecule has 27 heavy (non-hydrogen) atoms. The van der Waals surface area contributed by atoms with Crippen LogP contribution < -0.4 is 10.1 Å². The molecule has 140 valence electrons. The van der Waals surface area contributed by atoms with E-state index in [1.165, 1.54) is 11.3 Å². The van der Waals surface area contributed by atoms with E-state index >= 15 is 0 Å². The van der Waals surface area contributed by atoms with E-state index in [4.69, 9.17) is 16.3 Å². The Hall–Kier alpha value is -1.41. The smallest absolute Gasteiger partial charge is 0.264 e. The molecule has 0 saturated carbocycles. The maximum Gasteiger partial charge on any atom is 0.264 e. The first kappa shape index (κ1) is 20.3. The lowest BCUT2D eigenvalue weighted by atomic mass is 10.1. The molecule has 1 aromatic heterocycles. The zero-order chi connectivity index (χ0) is 19.4. The van der Waals surface area contributed by atoms with E-state index in [1.807, 2.05) is 24.3 Å². The zero-order valence-corrected chi connectivity index (χ0v) is 19.0. The molecule has 0 aliphatic heterocycles. The Morgan fingerprint density at radius 1 is 1.22 bits per heavy atom. The number of aromatic nitrogens is 1. The number of ether oxygens (including phenoxy) is 1. The molecule has 1 N–H and O–H groups in total. The number of carbonyl (C=O) groups is 1. The Bertz CT molecular complexity index is 961. The van der Waals surface area contributed by atoms with Crippen molar-refractivity contribution in [1.29, 1.82) is 0 Å². The minimum absolute atomic E-state index is 0.116. The van der Waals surface area contributed by atoms with Gasteiger partial charge in [0.2, 0.25) is 0 Å². The largest absolute Gasteiger partial charge is 0.483 e. The van der Waals surface area contributed by atoms with Gasteiger partial charge in [0.1, 0.15) is 5.75 Å². The summed E-state index contributed by atoms with van der Waals surface area (Å²) in [6.07, 6.45) is 0.840. The molecule has 2 aromatic carbocycles. The first-order chi connectivity index (χ1) is 13.0. The number of thiazole rings is 1. The maximum atomic E-state index is 12.2. The molecule has 0 saturated heterocycles. The SMILES string of the molecule is CCc1sc(NC(=O)COc2ccc(Cl)cc2Br)nc1-c1ccc(Br)cc1. The second-order valence-electron chi connectivity index (χ2n) is 5.56. The van der Waals surface area contributed by atoms with E-state index in [1.54, 1.807) is 18.2 Å². The van der Waals surface area contributed by atoms with Crippen LogP contribution >= 0.6 is 54.8 Å². The zero-order valence-electron chi connectivity index (χ0n) is 14.3. The molecule has 0 aliphatic rings. The number of nitrogens with one attached hydrogen (secondary N) is 1. The quantitative estimate of drug-likeness (QED) is 0.392. The standard InChI is InChI=1S/C19H15Br2ClN2O2S/c1-2-16-18(11-3-5-12(20)6-4-11)24-19(27-16)23-17(25)10-26-15-8-7-13(22)9-14(15)21/h3-9H,2,10H2,1H3,(H,23,24,25). The van der Waals surface area contributed by atoms with Gasteiger partial charge >= 0.3 is 0 Å². The van der Waals surface area contributed by atoms with Crippen LogP contribution in [0.2, 0.25) is 5.02 Å². The molecule has 0 unspecified atom stereocenters. The molecule has 3 rings (SSSR count). The summed E-state index contributed by atoms with van der Waals surface area (Å²) in [5, 5.41) is 3.97. The lowest BCUT2D eigenvalue weighted by Gasteiger charge is -2.07. The fourth-order valence-corrected chi connectivity index (χ4v) is 4.37. The van der Waals surface area contributed by atoms with Gasteiger partial charge in [0.25, 0.3) is 5.91 Å². The lowest BCUT2D eigenvalue weighted by molar-refractivity contribution is -0.118. The van der Waals surface area contributed by atoms with Crippen molar-refractivity contribution in [2.24, 2.45) is 0 Å². The third-order valence-corrected chi connectivity index (χ3v) is 6.13. The maximum absolute atomic E-state index is 12.2. The normalized spacial score (nSPS) is 10.7. The average Bonchev–Trinajstić information content (AvgIpc) is 3.04. The first-order valence-electron chi connectivity index (χ1n) is 8.09. The van der Waals surface area contributed by atoms with Gasteiger partial charge in [-0.15, -0.1) is 11.3 Å². The second-order valence-corrected chi connectivity index (χ2v) is 8.85. The van der Waals surface area contributed by atoms with Crippen LogP contribution in [0.15, 0.2) is 51.4 Å². The number of aryl methyl sites for hydroxylation is 1. The number of anilines is 1. The molecule has 0 aliphatic carbocycles. The van der Waals surface area contributed by atoms with E-state index in [0.29, 0.717) is 20.4 Å². The number of benzene rings is 2. The number of rotatable bonds is 6. The van der Waals surface area contributed by atoms with Gasteiger partial charge in [0.05, 0.1) is 10.2 Å². The Morgan fingerprint density at radius 2 is 1.96 bits per heavy atom. The van der Waals surface area contributed by atoms with Crippen LogP contribution in [0.1, 0.15) is 11.8 Å². The second kappa shape index (κ2) is 9.19. The molecule has 1 heterocycles. The molecular formula is C19H15Br2ClN2O2S. The van der Waals surface area contributed by atoms with Gasteiger partial charge in [-0.3, -0.25) is 10.1 Å². The number of amides is 1. The van der Waals surface area contributed by atoms with Crippen molar-refractivity contribution in [3.8, 4) is 17.0 Å². The van der Waals surface area contributed by atoms with E-state index in [9.17, 15) is 4.79 Å². The Balaban J connectivity index is 1.68. The highest BCUT2D eigenvalue weighted by molar-refractivity contribution is 9.10. The average molecular weight is 531 g/mol. The molecule has 8 heteroatoms. The molecule has 4 nitrogen and oxygen atoms in total. The highest BCUT2D eigenvalue weighted by Gasteiger charge is 2.14. The van der Waals surface area contributed by atoms with E-state index in [-0.39, 0.29) is 12.5 Å². The van der Waals surface area contributed by atoms with Gasteiger partial charge in [-0.1, -0.05) is 46.6 Å². The van der Waals surface area contributed by atoms with Crippen molar-refractivity contribution < 1.29 is 9.53 Å². The molecule has 3 aromatic rings. The van der Waals surface area contributed by atoms with Crippen molar-refractivity contribution in [2.45, 2.75) is 13.3 Å². The number of carbonyl (C=O) groups excluding carboxylic acids is 1.